The van der Waals surface area contributed by atoms with E-state index in [1.165, 1.54) is 33.1 Å². The molecule has 67 heavy (non-hydrogen) atoms. The molecule has 1 atom stereocenters. The van der Waals surface area contributed by atoms with Crippen molar-refractivity contribution >= 4 is 79.8 Å². The molecule has 5 heterocycles. The number of ether oxygens (including phenoxy) is 1. The summed E-state index contributed by atoms with van der Waals surface area (Å²) in [7, 11) is 1.55. The molecular formula is C44H53N13O8S2. The van der Waals surface area contributed by atoms with Crippen LogP contribution in [0, 0.1) is 13.8 Å². The quantitative estimate of drug-likeness (QED) is 0.0559. The van der Waals surface area contributed by atoms with Crippen LogP contribution in [-0.4, -0.2) is 117 Å². The fourth-order valence-corrected chi connectivity index (χ4v) is 8.53. The lowest BCUT2D eigenvalue weighted by molar-refractivity contribution is -0.133. The molecule has 1 aliphatic heterocycles. The third-order valence-corrected chi connectivity index (χ3v) is 12.5. The molecule has 6 aromatic rings. The first-order valence-corrected chi connectivity index (χ1v) is 22.9. The Hall–Kier alpha value is -7.24. The zero-order valence-electron chi connectivity index (χ0n) is 37.8. The summed E-state index contributed by atoms with van der Waals surface area (Å²) in [5.41, 5.74) is 2.89. The lowest BCUT2D eigenvalue weighted by atomic mass is 9.97. The minimum Gasteiger partial charge on any atom is -0.508 e. The van der Waals surface area contributed by atoms with E-state index in [4.69, 9.17) is 4.74 Å². The number of rotatable bonds is 16. The number of likely N-dealkylation sites (N-methyl/N-ethyl adjacent to an activating group) is 1. The number of aliphatic hydroxyl groups excluding tert-OH is 1. The van der Waals surface area contributed by atoms with Crippen molar-refractivity contribution in [3.8, 4) is 11.5 Å². The number of aromatic hydroxyl groups is 2. The van der Waals surface area contributed by atoms with Crippen LogP contribution in [0.4, 0.5) is 38.1 Å². The van der Waals surface area contributed by atoms with Crippen LogP contribution < -0.4 is 26.6 Å². The molecule has 0 spiro atoms. The standard InChI is InChI=1S/C44H53N13O8S2/c1-25-29(58)11-9-27(37(25)50-39(62)31-21-46-41(66-31)48-33-13-15-56(52-33)23-35(60)45-6)7-8-28-10-12-30(59)26(2)38(28)51-40(63)32-22-47-42(67-32)49-34-14-16-57(53-34)24-36(61)54-17-19-55(20-18-54)43(64)65-44(3,4)5/h9-16,21-22,39,50,58-59,62H,7-8,17-20,23-24H2,1-6H3,(H,45,60)(H,51,63)(H,46,48,52)(H,47,49,53). The third kappa shape index (κ3) is 12.2. The van der Waals surface area contributed by atoms with Crippen LogP contribution in [0.2, 0.25) is 0 Å². The molecule has 2 aromatic carbocycles. The van der Waals surface area contributed by atoms with Gasteiger partial charge in [0.25, 0.3) is 5.91 Å². The Labute approximate surface area is 393 Å². The Balaban J connectivity index is 0.948. The second-order valence-electron chi connectivity index (χ2n) is 16.7. The van der Waals surface area contributed by atoms with E-state index >= 15 is 0 Å². The predicted molar refractivity (Wildman–Crippen MR) is 253 cm³/mol. The zero-order valence-corrected chi connectivity index (χ0v) is 39.4. The molecule has 21 nitrogen and oxygen atoms in total. The number of aryl methyl sites for hydroxylation is 2. The number of anilines is 6. The molecular weight excluding hydrogens is 903 g/mol. The van der Waals surface area contributed by atoms with E-state index in [2.05, 4.69) is 46.7 Å². The summed E-state index contributed by atoms with van der Waals surface area (Å²) < 4.78 is 8.44. The van der Waals surface area contributed by atoms with Crippen LogP contribution in [0.15, 0.2) is 61.2 Å². The Morgan fingerprint density at radius 1 is 0.761 bits per heavy atom. The van der Waals surface area contributed by atoms with Crippen LogP contribution in [0.1, 0.15) is 63.8 Å². The molecule has 0 saturated carbocycles. The zero-order chi connectivity index (χ0) is 48.0. The van der Waals surface area contributed by atoms with Gasteiger partial charge in [-0.3, -0.25) is 23.7 Å². The van der Waals surface area contributed by atoms with Gasteiger partial charge < -0.3 is 56.4 Å². The van der Waals surface area contributed by atoms with Gasteiger partial charge in [-0.1, -0.05) is 34.8 Å². The first-order chi connectivity index (χ1) is 31.9. The van der Waals surface area contributed by atoms with Crippen LogP contribution in [0.5, 0.6) is 11.5 Å². The monoisotopic (exact) mass is 955 g/mol. The van der Waals surface area contributed by atoms with Gasteiger partial charge in [0.05, 0.1) is 16.8 Å². The van der Waals surface area contributed by atoms with Crippen molar-refractivity contribution in [3.63, 3.8) is 0 Å². The van der Waals surface area contributed by atoms with Crippen LogP contribution in [-0.2, 0) is 40.3 Å². The highest BCUT2D eigenvalue weighted by Crippen LogP contribution is 2.36. The van der Waals surface area contributed by atoms with Crippen molar-refractivity contribution in [1.82, 2.24) is 44.6 Å². The van der Waals surface area contributed by atoms with Gasteiger partial charge in [-0.05, 0) is 70.7 Å². The van der Waals surface area contributed by atoms with Gasteiger partial charge in [0.1, 0.15) is 35.1 Å². The van der Waals surface area contributed by atoms with Crippen molar-refractivity contribution in [1.29, 1.82) is 0 Å². The molecule has 1 aliphatic rings. The maximum absolute atomic E-state index is 13.7. The number of phenolic OH excluding ortho intramolecular Hbond substituents is 2. The fourth-order valence-electron chi connectivity index (χ4n) is 7.05. The summed E-state index contributed by atoms with van der Waals surface area (Å²) in [6, 6.07) is 10.1. The summed E-state index contributed by atoms with van der Waals surface area (Å²) in [4.78, 5) is 63.7. The first-order valence-electron chi connectivity index (χ1n) is 21.3. The van der Waals surface area contributed by atoms with E-state index in [-0.39, 0.29) is 36.4 Å². The van der Waals surface area contributed by atoms with Crippen molar-refractivity contribution in [2.45, 2.75) is 72.4 Å². The molecule has 0 aliphatic carbocycles. The maximum Gasteiger partial charge on any atom is 0.410 e. The number of nitrogens with one attached hydrogen (secondary N) is 5. The Bertz CT molecular complexity index is 2750. The lowest BCUT2D eigenvalue weighted by Gasteiger charge is -2.35. The molecule has 8 N–H and O–H groups in total. The summed E-state index contributed by atoms with van der Waals surface area (Å²) in [6.45, 7) is 10.5. The first kappa shape index (κ1) is 47.7. The van der Waals surface area contributed by atoms with Crippen LogP contribution in [0.25, 0.3) is 0 Å². The van der Waals surface area contributed by atoms with Crippen molar-refractivity contribution in [2.24, 2.45) is 0 Å². The van der Waals surface area contributed by atoms with E-state index in [0.29, 0.717) is 93.2 Å². The molecule has 1 fully saturated rings. The number of thiazole rings is 2. The molecule has 23 heteroatoms. The Morgan fingerprint density at radius 2 is 1.31 bits per heavy atom. The van der Waals surface area contributed by atoms with Gasteiger partial charge in [-0.2, -0.15) is 10.2 Å². The van der Waals surface area contributed by atoms with E-state index in [1.54, 1.807) is 79.5 Å². The smallest absolute Gasteiger partial charge is 0.410 e. The number of hydrogen-bond acceptors (Lipinski definition) is 17. The highest BCUT2D eigenvalue weighted by molar-refractivity contribution is 7.17. The minimum absolute atomic E-state index is 0.00228. The molecule has 1 unspecified atom stereocenters. The Morgan fingerprint density at radius 3 is 1.93 bits per heavy atom. The summed E-state index contributed by atoms with van der Waals surface area (Å²) in [5, 5.41) is 57.1. The SMILES string of the molecule is CNC(=O)Cn1ccc(Nc2ncc(C(O)Nc3c(CCc4ccc(O)c(C)c4NC(=O)c4cnc(Nc5ccn(CC(=O)N6CCN(C(=O)OC(C)(C)C)CC6)n5)s4)ccc(O)c3C)s2)n1. The largest absolute Gasteiger partial charge is 0.508 e. The second kappa shape index (κ2) is 20.5. The average Bonchev–Trinajstić information content (AvgIpc) is 4.14. The number of aliphatic hydroxyl groups is 1. The summed E-state index contributed by atoms with van der Waals surface area (Å²) >= 11 is 2.31. The van der Waals surface area contributed by atoms with Crippen molar-refractivity contribution in [2.75, 3.05) is 54.5 Å². The summed E-state index contributed by atoms with van der Waals surface area (Å²) in [5.74, 6) is 0.179. The number of phenols is 2. The van der Waals surface area contributed by atoms with Gasteiger partial charge in [0, 0.05) is 80.8 Å². The molecule has 4 aromatic heterocycles. The minimum atomic E-state index is -1.19. The molecule has 354 valence electrons. The van der Waals surface area contributed by atoms with Gasteiger partial charge in [0.15, 0.2) is 28.1 Å². The second-order valence-corrected chi connectivity index (χ2v) is 18.7. The highest BCUT2D eigenvalue weighted by Gasteiger charge is 2.28. The van der Waals surface area contributed by atoms with E-state index in [0.717, 1.165) is 22.5 Å². The fraction of sp³-hybridized carbons (Fsp3) is 0.364. The van der Waals surface area contributed by atoms with Gasteiger partial charge in [-0.25, -0.2) is 14.8 Å². The summed E-state index contributed by atoms with van der Waals surface area (Å²) in [6.07, 6.45) is 5.55. The van der Waals surface area contributed by atoms with Gasteiger partial charge in [-0.15, -0.1) is 0 Å². The number of carbonyl (C=O) groups excluding carboxylic acids is 4. The predicted octanol–water partition coefficient (Wildman–Crippen LogP) is 5.47. The highest BCUT2D eigenvalue weighted by atomic mass is 32.1. The van der Waals surface area contributed by atoms with Crippen LogP contribution in [0.3, 0.4) is 0 Å². The normalized spacial score (nSPS) is 13.2. The molecule has 0 radical (unpaired) electrons. The van der Waals surface area contributed by atoms with E-state index in [9.17, 15) is 34.5 Å². The number of nitrogens with zero attached hydrogens (tertiary/aromatic N) is 8. The van der Waals surface area contributed by atoms with Gasteiger partial charge in [0.2, 0.25) is 11.8 Å². The van der Waals surface area contributed by atoms with Crippen LogP contribution >= 0.6 is 22.7 Å². The lowest BCUT2D eigenvalue weighted by Crippen LogP contribution is -2.52. The van der Waals surface area contributed by atoms with E-state index < -0.39 is 23.8 Å². The van der Waals surface area contributed by atoms with Gasteiger partial charge >= 0.3 is 6.09 Å². The number of amides is 4. The number of aromatic nitrogens is 6. The molecule has 7 rings (SSSR count). The topological polar surface area (TPSA) is 266 Å². The number of hydrogen-bond donors (Lipinski definition) is 8. The average molecular weight is 956 g/mol. The number of benzene rings is 2. The Kier molecular flexibility index (Phi) is 14.6. The molecule has 0 bridgehead atoms. The molecule has 4 amide bonds. The number of piperazine rings is 1. The van der Waals surface area contributed by atoms with Crippen molar-refractivity contribution < 1.29 is 39.2 Å². The van der Waals surface area contributed by atoms with Crippen molar-refractivity contribution in [3.05, 3.63) is 93.2 Å². The molecule has 1 saturated heterocycles. The number of carbonyl (C=O) groups is 4. The maximum atomic E-state index is 13.7. The third-order valence-electron chi connectivity index (χ3n) is 10.7. The van der Waals surface area contributed by atoms with E-state index in [1.807, 2.05) is 20.8 Å².